The van der Waals surface area contributed by atoms with E-state index in [9.17, 15) is 5.11 Å². The lowest BCUT2D eigenvalue weighted by atomic mass is 9.83. The van der Waals surface area contributed by atoms with Crippen LogP contribution in [-0.4, -0.2) is 23.1 Å². The quantitative estimate of drug-likeness (QED) is 0.699. The third-order valence-corrected chi connectivity index (χ3v) is 5.29. The lowest BCUT2D eigenvalue weighted by Crippen LogP contribution is -2.42. The van der Waals surface area contributed by atoms with Crippen LogP contribution in [0, 0.1) is 0 Å². The van der Waals surface area contributed by atoms with Crippen molar-refractivity contribution in [1.82, 2.24) is 4.90 Å². The van der Waals surface area contributed by atoms with Gasteiger partial charge in [0.05, 0.1) is 5.60 Å². The number of piperidine rings is 1. The Morgan fingerprint density at radius 1 is 0.778 bits per heavy atom. The Balaban J connectivity index is 1.47. The van der Waals surface area contributed by atoms with Gasteiger partial charge in [0.2, 0.25) is 0 Å². The van der Waals surface area contributed by atoms with E-state index >= 15 is 0 Å². The Hall–Kier alpha value is -2.62. The maximum absolute atomic E-state index is 11.4. The van der Waals surface area contributed by atoms with Gasteiger partial charge in [-0.05, 0) is 36.6 Å². The average molecular weight is 359 g/mol. The second-order valence-electron chi connectivity index (χ2n) is 7.20. The van der Waals surface area contributed by atoms with Crippen molar-refractivity contribution in [2.75, 3.05) is 13.1 Å². The van der Waals surface area contributed by atoms with Crippen molar-refractivity contribution in [2.24, 2.45) is 0 Å². The molecule has 3 nitrogen and oxygen atoms in total. The monoisotopic (exact) mass is 359 g/mol. The SMILES string of the molecule is OC1(c2ccccc2Oc2ccccc2)CCN(Cc2ccccc2)CC1. The number of ether oxygens (including phenoxy) is 1. The zero-order valence-electron chi connectivity index (χ0n) is 15.4. The number of hydrogen-bond acceptors (Lipinski definition) is 3. The van der Waals surface area contributed by atoms with E-state index in [-0.39, 0.29) is 0 Å². The highest BCUT2D eigenvalue weighted by atomic mass is 16.5. The third-order valence-electron chi connectivity index (χ3n) is 5.29. The van der Waals surface area contributed by atoms with Gasteiger partial charge in [-0.25, -0.2) is 0 Å². The van der Waals surface area contributed by atoms with E-state index in [1.165, 1.54) is 5.56 Å². The molecule has 0 aliphatic carbocycles. The van der Waals surface area contributed by atoms with Gasteiger partial charge in [0.25, 0.3) is 0 Å². The highest BCUT2D eigenvalue weighted by Crippen LogP contribution is 2.39. The maximum Gasteiger partial charge on any atom is 0.133 e. The van der Waals surface area contributed by atoms with Gasteiger partial charge in [0, 0.05) is 25.2 Å². The fourth-order valence-electron chi connectivity index (χ4n) is 3.75. The molecule has 0 bridgehead atoms. The Morgan fingerprint density at radius 2 is 1.37 bits per heavy atom. The number of hydrogen-bond donors (Lipinski definition) is 1. The summed E-state index contributed by atoms with van der Waals surface area (Å²) in [6.07, 6.45) is 1.41. The van der Waals surface area contributed by atoms with Crippen molar-refractivity contribution in [2.45, 2.75) is 25.0 Å². The molecule has 1 aliphatic rings. The molecule has 1 saturated heterocycles. The number of benzene rings is 3. The molecule has 27 heavy (non-hydrogen) atoms. The lowest BCUT2D eigenvalue weighted by Gasteiger charge is -2.39. The zero-order valence-corrected chi connectivity index (χ0v) is 15.4. The predicted molar refractivity (Wildman–Crippen MR) is 108 cm³/mol. The predicted octanol–water partition coefficient (Wildman–Crippen LogP) is 4.96. The van der Waals surface area contributed by atoms with Crippen LogP contribution in [-0.2, 0) is 12.1 Å². The molecule has 3 aromatic carbocycles. The smallest absolute Gasteiger partial charge is 0.133 e. The maximum atomic E-state index is 11.4. The van der Waals surface area contributed by atoms with Crippen LogP contribution in [0.5, 0.6) is 11.5 Å². The summed E-state index contributed by atoms with van der Waals surface area (Å²) in [6, 6.07) is 28.1. The van der Waals surface area contributed by atoms with E-state index < -0.39 is 5.60 Å². The molecule has 0 aromatic heterocycles. The molecule has 0 unspecified atom stereocenters. The van der Waals surface area contributed by atoms with Gasteiger partial charge in [-0.1, -0.05) is 66.7 Å². The van der Waals surface area contributed by atoms with Crippen molar-refractivity contribution >= 4 is 0 Å². The van der Waals surface area contributed by atoms with Crippen LogP contribution >= 0.6 is 0 Å². The van der Waals surface area contributed by atoms with Crippen molar-refractivity contribution < 1.29 is 9.84 Å². The van der Waals surface area contributed by atoms with Gasteiger partial charge in [0.1, 0.15) is 11.5 Å². The van der Waals surface area contributed by atoms with Gasteiger partial charge >= 0.3 is 0 Å². The molecule has 4 rings (SSSR count). The molecular weight excluding hydrogens is 334 g/mol. The molecule has 0 saturated carbocycles. The second kappa shape index (κ2) is 7.95. The number of rotatable bonds is 5. The molecular formula is C24H25NO2. The number of aliphatic hydroxyl groups is 1. The Labute approximate surface area is 160 Å². The topological polar surface area (TPSA) is 32.7 Å². The molecule has 0 amide bonds. The highest BCUT2D eigenvalue weighted by Gasteiger charge is 2.36. The minimum absolute atomic E-state index is 0.703. The van der Waals surface area contributed by atoms with Gasteiger partial charge in [0.15, 0.2) is 0 Å². The van der Waals surface area contributed by atoms with Crippen molar-refractivity contribution in [3.05, 3.63) is 96.1 Å². The first-order valence-corrected chi connectivity index (χ1v) is 9.54. The number of likely N-dealkylation sites (tertiary alicyclic amines) is 1. The van der Waals surface area contributed by atoms with E-state index in [4.69, 9.17) is 4.74 Å². The molecule has 1 fully saturated rings. The highest BCUT2D eigenvalue weighted by molar-refractivity contribution is 5.41. The van der Waals surface area contributed by atoms with Gasteiger partial charge < -0.3 is 9.84 Å². The van der Waals surface area contributed by atoms with Crippen LogP contribution < -0.4 is 4.74 Å². The molecule has 3 heteroatoms. The van der Waals surface area contributed by atoms with Crippen molar-refractivity contribution in [1.29, 1.82) is 0 Å². The van der Waals surface area contributed by atoms with Crippen LogP contribution in [0.3, 0.4) is 0 Å². The zero-order chi connectivity index (χ0) is 18.5. The van der Waals surface area contributed by atoms with Crippen LogP contribution in [0.1, 0.15) is 24.0 Å². The van der Waals surface area contributed by atoms with Crippen molar-refractivity contribution in [3.8, 4) is 11.5 Å². The first-order valence-electron chi connectivity index (χ1n) is 9.54. The molecule has 0 spiro atoms. The summed E-state index contributed by atoms with van der Waals surface area (Å²) >= 11 is 0. The third kappa shape index (κ3) is 4.21. The standard InChI is InChI=1S/C24H25NO2/c26-24(15-17-25(18-16-24)19-20-9-3-1-4-10-20)22-13-7-8-14-23(22)27-21-11-5-2-6-12-21/h1-14,26H,15-19H2. The summed E-state index contributed by atoms with van der Waals surface area (Å²) in [5.41, 5.74) is 1.35. The van der Waals surface area contributed by atoms with E-state index in [1.807, 2.05) is 60.7 Å². The molecule has 3 aromatic rings. The van der Waals surface area contributed by atoms with Crippen LogP contribution in [0.4, 0.5) is 0 Å². The molecule has 0 radical (unpaired) electrons. The molecule has 1 N–H and O–H groups in total. The minimum Gasteiger partial charge on any atom is -0.457 e. The van der Waals surface area contributed by atoms with Gasteiger partial charge in [-0.15, -0.1) is 0 Å². The van der Waals surface area contributed by atoms with Crippen LogP contribution in [0.15, 0.2) is 84.9 Å². The largest absolute Gasteiger partial charge is 0.457 e. The summed E-state index contributed by atoms with van der Waals surface area (Å²) in [5, 5.41) is 11.4. The second-order valence-corrected chi connectivity index (χ2v) is 7.20. The Kier molecular flexibility index (Phi) is 5.23. The van der Waals surface area contributed by atoms with E-state index in [1.54, 1.807) is 0 Å². The first-order chi connectivity index (χ1) is 13.2. The Morgan fingerprint density at radius 3 is 2.07 bits per heavy atom. The fraction of sp³-hybridized carbons (Fsp3) is 0.250. The molecule has 138 valence electrons. The number of para-hydroxylation sites is 2. The van der Waals surface area contributed by atoms with E-state index in [0.717, 1.165) is 36.7 Å². The summed E-state index contributed by atoms with van der Waals surface area (Å²) in [7, 11) is 0. The summed E-state index contributed by atoms with van der Waals surface area (Å²) in [4.78, 5) is 2.41. The fourth-order valence-corrected chi connectivity index (χ4v) is 3.75. The number of nitrogens with zero attached hydrogens (tertiary/aromatic N) is 1. The minimum atomic E-state index is -0.849. The van der Waals surface area contributed by atoms with Gasteiger partial charge in [-0.2, -0.15) is 0 Å². The van der Waals surface area contributed by atoms with Crippen LogP contribution in [0.25, 0.3) is 0 Å². The molecule has 0 atom stereocenters. The van der Waals surface area contributed by atoms with E-state index in [2.05, 4.69) is 29.2 Å². The first kappa shape index (κ1) is 17.8. The van der Waals surface area contributed by atoms with Crippen molar-refractivity contribution in [3.63, 3.8) is 0 Å². The summed E-state index contributed by atoms with van der Waals surface area (Å²) < 4.78 is 6.08. The van der Waals surface area contributed by atoms with Crippen LogP contribution in [0.2, 0.25) is 0 Å². The summed E-state index contributed by atoms with van der Waals surface area (Å²) in [5.74, 6) is 1.53. The van der Waals surface area contributed by atoms with Gasteiger partial charge in [-0.3, -0.25) is 4.90 Å². The molecule has 1 aliphatic heterocycles. The normalized spacial score (nSPS) is 16.8. The summed E-state index contributed by atoms with van der Waals surface area (Å²) in [6.45, 7) is 2.66. The molecule has 1 heterocycles. The average Bonchev–Trinajstić information content (AvgIpc) is 2.72. The Bertz CT molecular complexity index is 856. The van der Waals surface area contributed by atoms with E-state index in [0.29, 0.717) is 12.8 Å². The lowest BCUT2D eigenvalue weighted by molar-refractivity contribution is -0.0289.